The van der Waals surface area contributed by atoms with Crippen LogP contribution in [0.4, 0.5) is 0 Å². The van der Waals surface area contributed by atoms with E-state index < -0.39 is 0 Å². The number of fused-ring (bicyclic) bond motifs is 1. The lowest BCUT2D eigenvalue weighted by Gasteiger charge is -2.54. The third kappa shape index (κ3) is 3.00. The van der Waals surface area contributed by atoms with E-state index in [1.807, 2.05) is 0 Å². The maximum atomic E-state index is 6.57. The van der Waals surface area contributed by atoms with Gasteiger partial charge in [0.1, 0.15) is 11.4 Å². The van der Waals surface area contributed by atoms with Gasteiger partial charge in [-0.15, -0.1) is 0 Å². The highest BCUT2D eigenvalue weighted by Gasteiger charge is 2.51. The van der Waals surface area contributed by atoms with Crippen LogP contribution >= 0.6 is 15.9 Å². The van der Waals surface area contributed by atoms with E-state index in [0.717, 1.165) is 35.0 Å². The van der Waals surface area contributed by atoms with Crippen molar-refractivity contribution in [2.45, 2.75) is 65.0 Å². The molecule has 1 spiro atoms. The molecule has 2 nitrogen and oxygen atoms in total. The van der Waals surface area contributed by atoms with E-state index in [4.69, 9.17) is 10.5 Å². The van der Waals surface area contributed by atoms with Crippen LogP contribution in [0.15, 0.2) is 22.7 Å². The summed E-state index contributed by atoms with van der Waals surface area (Å²) in [7, 11) is 0. The molecule has 0 amide bonds. The first-order valence-corrected chi connectivity index (χ1v) is 8.63. The molecule has 2 N–H and O–H groups in total. The molecule has 3 rings (SSSR count). The molecule has 0 radical (unpaired) electrons. The van der Waals surface area contributed by atoms with E-state index in [9.17, 15) is 0 Å². The standard InChI is InChI=1S/C18H26BrNO/c1-16(2)9-17(3,4)11-18(10-16)8-14(20)13-6-5-12(19)7-15(13)21-18/h5-7,14H,8-11,20H2,1-4H3/t14-/m1/s1. The molecular formula is C18H26BrNO. The predicted molar refractivity (Wildman–Crippen MR) is 90.5 cm³/mol. The van der Waals surface area contributed by atoms with E-state index in [-0.39, 0.29) is 11.6 Å². The van der Waals surface area contributed by atoms with Crippen molar-refractivity contribution in [3.05, 3.63) is 28.2 Å². The van der Waals surface area contributed by atoms with Crippen LogP contribution in [0.5, 0.6) is 5.75 Å². The fraction of sp³-hybridized carbons (Fsp3) is 0.667. The molecule has 1 aliphatic heterocycles. The summed E-state index contributed by atoms with van der Waals surface area (Å²) in [5.74, 6) is 0.969. The van der Waals surface area contributed by atoms with Gasteiger partial charge >= 0.3 is 0 Å². The molecule has 116 valence electrons. The normalized spacial score (nSPS) is 28.8. The first kappa shape index (κ1) is 15.4. The number of halogens is 1. The van der Waals surface area contributed by atoms with Gasteiger partial charge in [-0.3, -0.25) is 0 Å². The zero-order valence-corrected chi connectivity index (χ0v) is 15.1. The molecule has 21 heavy (non-hydrogen) atoms. The second-order valence-electron chi connectivity index (χ2n) is 8.64. The minimum Gasteiger partial charge on any atom is -0.487 e. The molecule has 3 heteroatoms. The Kier molecular flexibility index (Phi) is 3.46. The van der Waals surface area contributed by atoms with E-state index in [2.05, 4.69) is 61.8 Å². The van der Waals surface area contributed by atoms with Crippen LogP contribution in [0, 0.1) is 10.8 Å². The van der Waals surface area contributed by atoms with Gasteiger partial charge in [0.05, 0.1) is 0 Å². The summed E-state index contributed by atoms with van der Waals surface area (Å²) < 4.78 is 7.63. The number of benzene rings is 1. The highest BCUT2D eigenvalue weighted by Crippen LogP contribution is 2.56. The smallest absolute Gasteiger partial charge is 0.126 e. The number of nitrogens with two attached hydrogens (primary N) is 1. The quantitative estimate of drug-likeness (QED) is 0.696. The lowest BCUT2D eigenvalue weighted by atomic mass is 9.58. The summed E-state index contributed by atoms with van der Waals surface area (Å²) in [6, 6.07) is 6.29. The molecule has 0 saturated heterocycles. The Morgan fingerprint density at radius 2 is 1.71 bits per heavy atom. The Labute approximate surface area is 136 Å². The highest BCUT2D eigenvalue weighted by atomic mass is 79.9. The molecular weight excluding hydrogens is 326 g/mol. The fourth-order valence-electron chi connectivity index (χ4n) is 5.13. The first-order valence-electron chi connectivity index (χ1n) is 7.84. The fourth-order valence-corrected chi connectivity index (χ4v) is 5.47. The molecule has 1 atom stereocenters. The molecule has 1 aromatic rings. The number of rotatable bonds is 0. The van der Waals surface area contributed by atoms with Crippen molar-refractivity contribution >= 4 is 15.9 Å². The van der Waals surface area contributed by atoms with Crippen molar-refractivity contribution in [3.8, 4) is 5.75 Å². The average molecular weight is 352 g/mol. The first-order chi connectivity index (χ1) is 9.60. The van der Waals surface area contributed by atoms with Gasteiger partial charge in [-0.1, -0.05) is 49.7 Å². The SMILES string of the molecule is CC1(C)CC(C)(C)CC2(C[C@@H](N)c3ccc(Br)cc3O2)C1. The summed E-state index contributed by atoms with van der Waals surface area (Å²) in [5.41, 5.74) is 8.11. The Balaban J connectivity index is 2.00. The maximum absolute atomic E-state index is 6.57. The maximum Gasteiger partial charge on any atom is 0.126 e. The van der Waals surface area contributed by atoms with Crippen molar-refractivity contribution in [1.29, 1.82) is 0 Å². The predicted octanol–water partition coefficient (Wildman–Crippen LogP) is 5.21. The Morgan fingerprint density at radius 3 is 2.33 bits per heavy atom. The molecule has 1 heterocycles. The van der Waals surface area contributed by atoms with E-state index in [1.54, 1.807) is 0 Å². The molecule has 2 aliphatic rings. The Hall–Kier alpha value is -0.540. The summed E-state index contributed by atoms with van der Waals surface area (Å²) >= 11 is 3.55. The number of hydrogen-bond donors (Lipinski definition) is 1. The molecule has 1 aromatic carbocycles. The minimum atomic E-state index is -0.113. The lowest BCUT2D eigenvalue weighted by Crippen LogP contribution is -2.52. The average Bonchev–Trinajstić information content (AvgIpc) is 2.22. The lowest BCUT2D eigenvalue weighted by molar-refractivity contribution is -0.0839. The van der Waals surface area contributed by atoms with Gasteiger partial charge in [-0.2, -0.15) is 0 Å². The molecule has 1 aliphatic carbocycles. The van der Waals surface area contributed by atoms with Gasteiger partial charge in [-0.05, 0) is 42.2 Å². The number of hydrogen-bond acceptors (Lipinski definition) is 2. The molecule has 1 saturated carbocycles. The monoisotopic (exact) mass is 351 g/mol. The van der Waals surface area contributed by atoms with Gasteiger partial charge < -0.3 is 10.5 Å². The minimum absolute atomic E-state index is 0.0755. The van der Waals surface area contributed by atoms with Gasteiger partial charge in [0.2, 0.25) is 0 Å². The van der Waals surface area contributed by atoms with E-state index in [0.29, 0.717) is 10.8 Å². The van der Waals surface area contributed by atoms with E-state index >= 15 is 0 Å². The third-order valence-corrected chi connectivity index (χ3v) is 5.35. The summed E-state index contributed by atoms with van der Waals surface area (Å²) in [6.45, 7) is 9.45. The summed E-state index contributed by atoms with van der Waals surface area (Å²) in [6.07, 6.45) is 4.34. The van der Waals surface area contributed by atoms with Crippen molar-refractivity contribution in [2.75, 3.05) is 0 Å². The Morgan fingerprint density at radius 1 is 1.10 bits per heavy atom. The zero-order valence-electron chi connectivity index (χ0n) is 13.5. The van der Waals surface area contributed by atoms with Crippen molar-refractivity contribution in [2.24, 2.45) is 16.6 Å². The molecule has 0 unspecified atom stereocenters. The van der Waals surface area contributed by atoms with Crippen molar-refractivity contribution in [3.63, 3.8) is 0 Å². The van der Waals surface area contributed by atoms with Crippen LogP contribution < -0.4 is 10.5 Å². The largest absolute Gasteiger partial charge is 0.487 e. The highest BCUT2D eigenvalue weighted by molar-refractivity contribution is 9.10. The van der Waals surface area contributed by atoms with Gasteiger partial charge in [0, 0.05) is 22.5 Å². The van der Waals surface area contributed by atoms with Crippen LogP contribution in [-0.2, 0) is 0 Å². The van der Waals surface area contributed by atoms with Gasteiger partial charge in [-0.25, -0.2) is 0 Å². The van der Waals surface area contributed by atoms with Crippen molar-refractivity contribution < 1.29 is 4.74 Å². The van der Waals surface area contributed by atoms with Crippen LogP contribution in [0.2, 0.25) is 0 Å². The van der Waals surface area contributed by atoms with E-state index in [1.165, 1.54) is 6.42 Å². The topological polar surface area (TPSA) is 35.2 Å². The second kappa shape index (κ2) is 4.73. The van der Waals surface area contributed by atoms with Crippen LogP contribution in [0.1, 0.15) is 65.0 Å². The number of ether oxygens (including phenoxy) is 1. The van der Waals surface area contributed by atoms with Gasteiger partial charge in [0.15, 0.2) is 0 Å². The van der Waals surface area contributed by atoms with Crippen LogP contribution in [0.25, 0.3) is 0 Å². The zero-order chi connectivity index (χ0) is 15.5. The third-order valence-electron chi connectivity index (χ3n) is 4.85. The van der Waals surface area contributed by atoms with Crippen molar-refractivity contribution in [1.82, 2.24) is 0 Å². The molecule has 1 fully saturated rings. The van der Waals surface area contributed by atoms with Gasteiger partial charge in [0.25, 0.3) is 0 Å². The molecule has 0 bridgehead atoms. The summed E-state index contributed by atoms with van der Waals surface area (Å²) in [4.78, 5) is 0. The summed E-state index contributed by atoms with van der Waals surface area (Å²) in [5, 5.41) is 0. The second-order valence-corrected chi connectivity index (χ2v) is 9.55. The van der Waals surface area contributed by atoms with Crippen LogP contribution in [0.3, 0.4) is 0 Å². The van der Waals surface area contributed by atoms with Crippen LogP contribution in [-0.4, -0.2) is 5.60 Å². The molecule has 0 aromatic heterocycles. The Bertz CT molecular complexity index is 548.